The van der Waals surface area contributed by atoms with E-state index in [0.717, 1.165) is 10.0 Å². The van der Waals surface area contributed by atoms with Gasteiger partial charge in [0, 0.05) is 21.8 Å². The molecule has 3 nitrogen and oxygen atoms in total. The van der Waals surface area contributed by atoms with Gasteiger partial charge in [-0.05, 0) is 42.8 Å². The molecule has 0 aliphatic carbocycles. The summed E-state index contributed by atoms with van der Waals surface area (Å²) in [7, 11) is 0. The van der Waals surface area contributed by atoms with Crippen LogP contribution in [0.25, 0.3) is 0 Å². The molecule has 0 fully saturated rings. The Labute approximate surface area is 126 Å². The van der Waals surface area contributed by atoms with Gasteiger partial charge in [0.2, 0.25) is 0 Å². The summed E-state index contributed by atoms with van der Waals surface area (Å²) in [5.74, 6) is -0.137. The van der Waals surface area contributed by atoms with Crippen LogP contribution in [-0.4, -0.2) is 10.9 Å². The summed E-state index contributed by atoms with van der Waals surface area (Å²) in [6.45, 7) is 1.93. The highest BCUT2D eigenvalue weighted by Gasteiger charge is 2.13. The topological polar surface area (TPSA) is 42.0 Å². The van der Waals surface area contributed by atoms with Crippen LogP contribution in [0.15, 0.2) is 52.1 Å². The molecular weight excluding hydrogens is 324 g/mol. The molecule has 0 aliphatic rings. The molecule has 5 heteroatoms. The van der Waals surface area contributed by atoms with Crippen LogP contribution < -0.4 is 5.32 Å². The van der Waals surface area contributed by atoms with E-state index in [1.54, 1.807) is 24.5 Å². The van der Waals surface area contributed by atoms with E-state index in [2.05, 4.69) is 38.9 Å². The Hall–Kier alpha value is -1.33. The molecule has 0 saturated carbocycles. The van der Waals surface area contributed by atoms with Gasteiger partial charge in [-0.25, -0.2) is 0 Å². The van der Waals surface area contributed by atoms with E-state index in [9.17, 15) is 4.79 Å². The van der Waals surface area contributed by atoms with Crippen molar-refractivity contribution in [2.45, 2.75) is 17.9 Å². The monoisotopic (exact) mass is 336 g/mol. The predicted molar refractivity (Wildman–Crippen MR) is 81.5 cm³/mol. The minimum atomic E-state index is -0.137. The number of nitrogens with zero attached hydrogens (tertiary/aromatic N) is 1. The number of hydrogen-bond acceptors (Lipinski definition) is 3. The standard InChI is InChI=1S/C14H13BrN2OS/c1-9(10-4-6-16-7-5-10)17-14(18)12-3-2-11(15)8-13(12)19/h2-9,19H,1H3,(H,17,18). The van der Waals surface area contributed by atoms with E-state index in [4.69, 9.17) is 0 Å². The maximum atomic E-state index is 12.2. The number of carbonyl (C=O) groups is 1. The molecule has 1 aromatic carbocycles. The van der Waals surface area contributed by atoms with Crippen molar-refractivity contribution < 1.29 is 4.79 Å². The molecule has 19 heavy (non-hydrogen) atoms. The molecule has 1 aromatic heterocycles. The second kappa shape index (κ2) is 6.21. The van der Waals surface area contributed by atoms with E-state index < -0.39 is 0 Å². The molecule has 0 aliphatic heterocycles. The number of aromatic nitrogens is 1. The molecule has 1 N–H and O–H groups in total. The van der Waals surface area contributed by atoms with E-state index >= 15 is 0 Å². The molecule has 98 valence electrons. The van der Waals surface area contributed by atoms with Gasteiger partial charge in [0.15, 0.2) is 0 Å². The lowest BCUT2D eigenvalue weighted by atomic mass is 10.1. The number of halogens is 1. The van der Waals surface area contributed by atoms with E-state index in [1.807, 2.05) is 25.1 Å². The van der Waals surface area contributed by atoms with Crippen molar-refractivity contribution in [2.75, 3.05) is 0 Å². The van der Waals surface area contributed by atoms with Crippen LogP contribution in [-0.2, 0) is 0 Å². The van der Waals surface area contributed by atoms with Crippen molar-refractivity contribution in [2.24, 2.45) is 0 Å². The fourth-order valence-corrected chi connectivity index (χ4v) is 2.56. The fourth-order valence-electron chi connectivity index (χ4n) is 1.71. The fraction of sp³-hybridized carbons (Fsp3) is 0.143. The van der Waals surface area contributed by atoms with Gasteiger partial charge < -0.3 is 5.32 Å². The van der Waals surface area contributed by atoms with Gasteiger partial charge >= 0.3 is 0 Å². The smallest absolute Gasteiger partial charge is 0.252 e. The highest BCUT2D eigenvalue weighted by Crippen LogP contribution is 2.21. The van der Waals surface area contributed by atoms with Gasteiger partial charge in [-0.1, -0.05) is 15.9 Å². The molecule has 0 bridgehead atoms. The molecule has 1 unspecified atom stereocenters. The van der Waals surface area contributed by atoms with Crippen molar-refractivity contribution in [1.29, 1.82) is 0 Å². The van der Waals surface area contributed by atoms with Crippen LogP contribution in [0.4, 0.5) is 0 Å². The molecule has 2 rings (SSSR count). The van der Waals surface area contributed by atoms with Crippen molar-refractivity contribution in [3.05, 3.63) is 58.3 Å². The Bertz CT molecular complexity index is 589. The number of thiol groups is 1. The zero-order chi connectivity index (χ0) is 13.8. The number of benzene rings is 1. The van der Waals surface area contributed by atoms with Crippen molar-refractivity contribution in [3.8, 4) is 0 Å². The van der Waals surface area contributed by atoms with Crippen LogP contribution in [0.5, 0.6) is 0 Å². The normalized spacial score (nSPS) is 11.9. The molecular formula is C14H13BrN2OS. The van der Waals surface area contributed by atoms with Gasteiger partial charge in [0.05, 0.1) is 11.6 Å². The molecule has 0 spiro atoms. The minimum Gasteiger partial charge on any atom is -0.345 e. The molecule has 1 heterocycles. The first-order valence-electron chi connectivity index (χ1n) is 5.77. The number of pyridine rings is 1. The first-order chi connectivity index (χ1) is 9.08. The summed E-state index contributed by atoms with van der Waals surface area (Å²) in [5.41, 5.74) is 1.58. The number of nitrogens with one attached hydrogen (secondary N) is 1. The van der Waals surface area contributed by atoms with Gasteiger partial charge in [0.1, 0.15) is 0 Å². The third-order valence-electron chi connectivity index (χ3n) is 2.76. The molecule has 1 amide bonds. The Balaban J connectivity index is 2.13. The average Bonchev–Trinajstić information content (AvgIpc) is 2.39. The maximum Gasteiger partial charge on any atom is 0.252 e. The van der Waals surface area contributed by atoms with Crippen molar-refractivity contribution >= 4 is 34.5 Å². The van der Waals surface area contributed by atoms with E-state index in [1.165, 1.54) is 0 Å². The second-order valence-corrected chi connectivity index (χ2v) is 5.53. The molecule has 0 saturated heterocycles. The number of amides is 1. The Morgan fingerprint density at radius 1 is 1.32 bits per heavy atom. The predicted octanol–water partition coefficient (Wildman–Crippen LogP) is 3.62. The summed E-state index contributed by atoms with van der Waals surface area (Å²) in [4.78, 5) is 16.8. The van der Waals surface area contributed by atoms with Crippen LogP contribution in [0.2, 0.25) is 0 Å². The SMILES string of the molecule is CC(NC(=O)c1ccc(Br)cc1S)c1ccncc1. The zero-order valence-electron chi connectivity index (χ0n) is 10.3. The van der Waals surface area contributed by atoms with Crippen LogP contribution in [0.3, 0.4) is 0 Å². The summed E-state index contributed by atoms with van der Waals surface area (Å²) in [5, 5.41) is 2.94. The van der Waals surface area contributed by atoms with E-state index in [-0.39, 0.29) is 11.9 Å². The Morgan fingerprint density at radius 2 is 2.00 bits per heavy atom. The average molecular weight is 337 g/mol. The summed E-state index contributed by atoms with van der Waals surface area (Å²) < 4.78 is 0.899. The third kappa shape index (κ3) is 3.58. The van der Waals surface area contributed by atoms with Crippen molar-refractivity contribution in [1.82, 2.24) is 10.3 Å². The summed E-state index contributed by atoms with van der Waals surface area (Å²) in [6, 6.07) is 9.07. The van der Waals surface area contributed by atoms with E-state index in [0.29, 0.717) is 10.5 Å². The first kappa shape index (κ1) is 14.1. The third-order valence-corrected chi connectivity index (χ3v) is 3.62. The number of carbonyl (C=O) groups excluding carboxylic acids is 1. The zero-order valence-corrected chi connectivity index (χ0v) is 12.8. The first-order valence-corrected chi connectivity index (χ1v) is 7.01. The second-order valence-electron chi connectivity index (χ2n) is 4.14. The molecule has 1 atom stereocenters. The lowest BCUT2D eigenvalue weighted by Gasteiger charge is -2.15. The summed E-state index contributed by atoms with van der Waals surface area (Å²) in [6.07, 6.45) is 3.42. The number of hydrogen-bond donors (Lipinski definition) is 2. The summed E-state index contributed by atoms with van der Waals surface area (Å²) >= 11 is 7.66. The highest BCUT2D eigenvalue weighted by molar-refractivity contribution is 9.10. The number of rotatable bonds is 3. The lowest BCUT2D eigenvalue weighted by molar-refractivity contribution is 0.0937. The largest absolute Gasteiger partial charge is 0.345 e. The van der Waals surface area contributed by atoms with Crippen LogP contribution >= 0.6 is 28.6 Å². The quantitative estimate of drug-likeness (QED) is 0.840. The van der Waals surface area contributed by atoms with Crippen LogP contribution in [0, 0.1) is 0 Å². The molecule has 0 radical (unpaired) electrons. The lowest BCUT2D eigenvalue weighted by Crippen LogP contribution is -2.27. The Kier molecular flexibility index (Phi) is 4.61. The van der Waals surface area contributed by atoms with Gasteiger partial charge in [-0.15, -0.1) is 12.6 Å². The Morgan fingerprint density at radius 3 is 2.63 bits per heavy atom. The van der Waals surface area contributed by atoms with Gasteiger partial charge in [-0.3, -0.25) is 9.78 Å². The minimum absolute atomic E-state index is 0.0770. The van der Waals surface area contributed by atoms with Crippen LogP contribution in [0.1, 0.15) is 28.9 Å². The van der Waals surface area contributed by atoms with Gasteiger partial charge in [0.25, 0.3) is 5.91 Å². The van der Waals surface area contributed by atoms with Gasteiger partial charge in [-0.2, -0.15) is 0 Å². The maximum absolute atomic E-state index is 12.2. The molecule has 2 aromatic rings. The highest BCUT2D eigenvalue weighted by atomic mass is 79.9. The van der Waals surface area contributed by atoms with Crippen molar-refractivity contribution in [3.63, 3.8) is 0 Å².